The van der Waals surface area contributed by atoms with Crippen molar-refractivity contribution >= 4 is 5.91 Å². The Hall–Kier alpha value is -2.32. The lowest BCUT2D eigenvalue weighted by Crippen LogP contribution is -2.38. The van der Waals surface area contributed by atoms with Crippen LogP contribution < -0.4 is 4.74 Å². The standard InChI is InChI=1S/C16H18N2O3/c1-20-11-14-6-8-18(9-7-14)16(19)12-21-15-4-2-13(10-17)3-5-15/h2-6H,7-9,11-12H2,1H3. The minimum atomic E-state index is -0.0351. The maximum absolute atomic E-state index is 12.0. The summed E-state index contributed by atoms with van der Waals surface area (Å²) >= 11 is 0. The van der Waals surface area contributed by atoms with E-state index in [9.17, 15) is 4.79 Å². The highest BCUT2D eigenvalue weighted by molar-refractivity contribution is 5.78. The third-order valence-electron chi connectivity index (χ3n) is 3.33. The first-order valence-corrected chi connectivity index (χ1v) is 6.80. The second-order valence-corrected chi connectivity index (χ2v) is 4.81. The van der Waals surface area contributed by atoms with Crippen LogP contribution in [0.1, 0.15) is 12.0 Å². The summed E-state index contributed by atoms with van der Waals surface area (Å²) in [6.07, 6.45) is 2.88. The maximum atomic E-state index is 12.0. The first-order chi connectivity index (χ1) is 10.2. The van der Waals surface area contributed by atoms with E-state index in [1.807, 2.05) is 12.1 Å². The Labute approximate surface area is 124 Å². The summed E-state index contributed by atoms with van der Waals surface area (Å²) in [6, 6.07) is 8.76. The molecule has 21 heavy (non-hydrogen) atoms. The van der Waals surface area contributed by atoms with Crippen LogP contribution in [0.2, 0.25) is 0 Å². The molecule has 0 saturated heterocycles. The molecule has 0 saturated carbocycles. The van der Waals surface area contributed by atoms with E-state index >= 15 is 0 Å². The Balaban J connectivity index is 1.81. The van der Waals surface area contributed by atoms with Crippen molar-refractivity contribution in [2.75, 3.05) is 33.4 Å². The molecule has 2 rings (SSSR count). The largest absolute Gasteiger partial charge is 0.484 e. The van der Waals surface area contributed by atoms with Gasteiger partial charge in [0.2, 0.25) is 0 Å². The molecule has 110 valence electrons. The summed E-state index contributed by atoms with van der Waals surface area (Å²) in [6.45, 7) is 1.95. The highest BCUT2D eigenvalue weighted by Crippen LogP contribution is 2.13. The van der Waals surface area contributed by atoms with E-state index < -0.39 is 0 Å². The molecule has 1 aromatic carbocycles. The van der Waals surface area contributed by atoms with Crippen LogP contribution in [0, 0.1) is 11.3 Å². The molecule has 0 spiro atoms. The Morgan fingerprint density at radius 3 is 2.71 bits per heavy atom. The van der Waals surface area contributed by atoms with Crippen molar-refractivity contribution in [2.24, 2.45) is 0 Å². The first kappa shape index (κ1) is 15.1. The number of methoxy groups -OCH3 is 1. The van der Waals surface area contributed by atoms with Crippen molar-refractivity contribution in [3.05, 3.63) is 41.5 Å². The number of hydrogen-bond acceptors (Lipinski definition) is 4. The van der Waals surface area contributed by atoms with Crippen molar-refractivity contribution in [1.29, 1.82) is 5.26 Å². The molecule has 0 aromatic heterocycles. The number of carbonyl (C=O) groups excluding carboxylic acids is 1. The molecule has 5 nitrogen and oxygen atoms in total. The summed E-state index contributed by atoms with van der Waals surface area (Å²) in [5.41, 5.74) is 1.80. The third-order valence-corrected chi connectivity index (χ3v) is 3.33. The lowest BCUT2D eigenvalue weighted by molar-refractivity contribution is -0.133. The van der Waals surface area contributed by atoms with Gasteiger partial charge in [0, 0.05) is 20.2 Å². The summed E-state index contributed by atoms with van der Waals surface area (Å²) in [4.78, 5) is 13.8. The Bertz CT molecular complexity index is 558. The Morgan fingerprint density at radius 2 is 2.14 bits per heavy atom. The van der Waals surface area contributed by atoms with Gasteiger partial charge >= 0.3 is 0 Å². The van der Waals surface area contributed by atoms with Crippen LogP contribution in [-0.2, 0) is 9.53 Å². The van der Waals surface area contributed by atoms with E-state index in [-0.39, 0.29) is 12.5 Å². The number of amides is 1. The van der Waals surface area contributed by atoms with E-state index in [1.165, 1.54) is 5.57 Å². The lowest BCUT2D eigenvalue weighted by atomic mass is 10.1. The van der Waals surface area contributed by atoms with Crippen molar-refractivity contribution in [2.45, 2.75) is 6.42 Å². The zero-order valence-electron chi connectivity index (χ0n) is 12.0. The molecule has 0 atom stereocenters. The van der Waals surface area contributed by atoms with Crippen LogP contribution in [0.25, 0.3) is 0 Å². The minimum Gasteiger partial charge on any atom is -0.484 e. The highest BCUT2D eigenvalue weighted by Gasteiger charge is 2.17. The molecule has 0 unspecified atom stereocenters. The second-order valence-electron chi connectivity index (χ2n) is 4.81. The third kappa shape index (κ3) is 4.33. The average molecular weight is 286 g/mol. The number of carbonyl (C=O) groups is 1. The highest BCUT2D eigenvalue weighted by atomic mass is 16.5. The number of rotatable bonds is 5. The summed E-state index contributed by atoms with van der Waals surface area (Å²) in [7, 11) is 1.67. The van der Waals surface area contributed by atoms with Crippen LogP contribution in [0.3, 0.4) is 0 Å². The van der Waals surface area contributed by atoms with E-state index in [4.69, 9.17) is 14.7 Å². The zero-order valence-corrected chi connectivity index (χ0v) is 12.0. The monoisotopic (exact) mass is 286 g/mol. The molecule has 0 fully saturated rings. The van der Waals surface area contributed by atoms with Gasteiger partial charge < -0.3 is 14.4 Å². The van der Waals surface area contributed by atoms with Gasteiger partial charge in [0.05, 0.1) is 18.2 Å². The number of nitrogens with zero attached hydrogens (tertiary/aromatic N) is 2. The predicted octanol–water partition coefficient (Wildman–Crippen LogP) is 1.74. The SMILES string of the molecule is COCC1=CCN(C(=O)COc2ccc(C#N)cc2)CC1. The second kappa shape index (κ2) is 7.46. The molecule has 0 bridgehead atoms. The molecule has 1 aliphatic rings. The maximum Gasteiger partial charge on any atom is 0.260 e. The van der Waals surface area contributed by atoms with Gasteiger partial charge in [0.15, 0.2) is 6.61 Å². The fourth-order valence-electron chi connectivity index (χ4n) is 2.12. The molecule has 1 amide bonds. The summed E-state index contributed by atoms with van der Waals surface area (Å²) in [5.74, 6) is 0.557. The van der Waals surface area contributed by atoms with Crippen LogP contribution in [0.15, 0.2) is 35.9 Å². The van der Waals surface area contributed by atoms with Crippen molar-refractivity contribution in [3.63, 3.8) is 0 Å². The Kier molecular flexibility index (Phi) is 5.35. The van der Waals surface area contributed by atoms with Crippen molar-refractivity contribution < 1.29 is 14.3 Å². The molecule has 1 heterocycles. The molecule has 1 aliphatic heterocycles. The van der Waals surface area contributed by atoms with Gasteiger partial charge in [-0.2, -0.15) is 5.26 Å². The fourth-order valence-corrected chi connectivity index (χ4v) is 2.12. The number of nitriles is 1. The quantitative estimate of drug-likeness (QED) is 0.774. The smallest absolute Gasteiger partial charge is 0.260 e. The van der Waals surface area contributed by atoms with Gasteiger partial charge in [-0.3, -0.25) is 4.79 Å². The van der Waals surface area contributed by atoms with E-state index in [2.05, 4.69) is 0 Å². The van der Waals surface area contributed by atoms with Gasteiger partial charge in [0.1, 0.15) is 5.75 Å². The lowest BCUT2D eigenvalue weighted by Gasteiger charge is -2.26. The van der Waals surface area contributed by atoms with Crippen LogP contribution >= 0.6 is 0 Å². The van der Waals surface area contributed by atoms with Gasteiger partial charge in [0.25, 0.3) is 5.91 Å². The van der Waals surface area contributed by atoms with Gasteiger partial charge in [-0.25, -0.2) is 0 Å². The minimum absolute atomic E-state index is 0.0132. The first-order valence-electron chi connectivity index (χ1n) is 6.80. The van der Waals surface area contributed by atoms with E-state index in [1.54, 1.807) is 36.3 Å². The molecule has 1 aromatic rings. The van der Waals surface area contributed by atoms with Gasteiger partial charge in [-0.1, -0.05) is 6.08 Å². The molecular weight excluding hydrogens is 268 g/mol. The Morgan fingerprint density at radius 1 is 1.38 bits per heavy atom. The van der Waals surface area contributed by atoms with Crippen molar-refractivity contribution in [1.82, 2.24) is 4.90 Å². The van der Waals surface area contributed by atoms with Gasteiger partial charge in [-0.15, -0.1) is 0 Å². The van der Waals surface area contributed by atoms with E-state index in [0.717, 1.165) is 6.42 Å². The average Bonchev–Trinajstić information content (AvgIpc) is 2.54. The number of benzene rings is 1. The molecule has 5 heteroatoms. The molecular formula is C16H18N2O3. The fraction of sp³-hybridized carbons (Fsp3) is 0.375. The van der Waals surface area contributed by atoms with E-state index in [0.29, 0.717) is 31.0 Å². The topological polar surface area (TPSA) is 62.6 Å². The normalized spacial score (nSPS) is 14.3. The van der Waals surface area contributed by atoms with Crippen LogP contribution in [0.4, 0.5) is 0 Å². The zero-order chi connectivity index (χ0) is 15.1. The number of hydrogen-bond donors (Lipinski definition) is 0. The van der Waals surface area contributed by atoms with Crippen LogP contribution in [0.5, 0.6) is 5.75 Å². The van der Waals surface area contributed by atoms with Crippen LogP contribution in [-0.4, -0.2) is 44.2 Å². The predicted molar refractivity (Wildman–Crippen MR) is 77.8 cm³/mol. The summed E-state index contributed by atoms with van der Waals surface area (Å²) in [5, 5.41) is 8.71. The number of ether oxygens (including phenoxy) is 2. The van der Waals surface area contributed by atoms with Crippen molar-refractivity contribution in [3.8, 4) is 11.8 Å². The summed E-state index contributed by atoms with van der Waals surface area (Å²) < 4.78 is 10.5. The molecule has 0 radical (unpaired) electrons. The van der Waals surface area contributed by atoms with Gasteiger partial charge in [-0.05, 0) is 36.3 Å². The molecule has 0 N–H and O–H groups in total. The molecule has 0 aliphatic carbocycles.